The molecule has 0 unspecified atom stereocenters. The summed E-state index contributed by atoms with van der Waals surface area (Å²) in [6, 6.07) is 13.2. The van der Waals surface area contributed by atoms with E-state index in [0.29, 0.717) is 11.5 Å². The van der Waals surface area contributed by atoms with E-state index in [1.54, 1.807) is 26.4 Å². The first kappa shape index (κ1) is 18.1. The number of methoxy groups -OCH3 is 2. The van der Waals surface area contributed by atoms with E-state index in [2.05, 4.69) is 21.2 Å². The van der Waals surface area contributed by atoms with E-state index in [-0.39, 0.29) is 11.9 Å². The maximum atomic E-state index is 12.1. The molecule has 24 heavy (non-hydrogen) atoms. The summed E-state index contributed by atoms with van der Waals surface area (Å²) < 4.78 is 11.5. The summed E-state index contributed by atoms with van der Waals surface area (Å²) in [5, 5.41) is 2.94. The van der Waals surface area contributed by atoms with Crippen LogP contribution in [0.25, 0.3) is 6.08 Å². The molecule has 2 rings (SSSR count). The van der Waals surface area contributed by atoms with Crippen molar-refractivity contribution < 1.29 is 14.3 Å². The molecule has 0 aliphatic heterocycles. The summed E-state index contributed by atoms with van der Waals surface area (Å²) in [4.78, 5) is 12.1. The van der Waals surface area contributed by atoms with Crippen molar-refractivity contribution in [1.82, 2.24) is 5.32 Å². The number of ether oxygens (including phenoxy) is 2. The van der Waals surface area contributed by atoms with Gasteiger partial charge in [-0.15, -0.1) is 0 Å². The summed E-state index contributed by atoms with van der Waals surface area (Å²) in [6.07, 6.45) is 3.22. The Morgan fingerprint density at radius 1 is 1.12 bits per heavy atom. The zero-order chi connectivity index (χ0) is 17.5. The molecule has 0 spiro atoms. The summed E-state index contributed by atoms with van der Waals surface area (Å²) in [6.45, 7) is 1.95. The first-order valence-corrected chi connectivity index (χ1v) is 8.29. The lowest BCUT2D eigenvalue weighted by atomic mass is 10.1. The second kappa shape index (κ2) is 8.55. The third kappa shape index (κ3) is 4.86. The monoisotopic (exact) mass is 389 g/mol. The van der Waals surface area contributed by atoms with Crippen LogP contribution in [0.4, 0.5) is 0 Å². The fourth-order valence-electron chi connectivity index (χ4n) is 2.22. The smallest absolute Gasteiger partial charge is 0.244 e. The molecule has 0 aliphatic rings. The van der Waals surface area contributed by atoms with E-state index in [4.69, 9.17) is 9.47 Å². The van der Waals surface area contributed by atoms with Crippen LogP contribution in [0.1, 0.15) is 24.1 Å². The Morgan fingerprint density at radius 3 is 2.46 bits per heavy atom. The van der Waals surface area contributed by atoms with Gasteiger partial charge >= 0.3 is 0 Å². The van der Waals surface area contributed by atoms with Crippen molar-refractivity contribution >= 4 is 27.9 Å². The molecular weight excluding hydrogens is 370 g/mol. The number of amides is 1. The van der Waals surface area contributed by atoms with Gasteiger partial charge in [-0.25, -0.2) is 0 Å². The van der Waals surface area contributed by atoms with E-state index < -0.39 is 0 Å². The van der Waals surface area contributed by atoms with Gasteiger partial charge in [-0.3, -0.25) is 4.79 Å². The van der Waals surface area contributed by atoms with Crippen molar-refractivity contribution in [3.8, 4) is 11.5 Å². The lowest BCUT2D eigenvalue weighted by Crippen LogP contribution is -2.24. The number of carbonyl (C=O) groups is 1. The zero-order valence-corrected chi connectivity index (χ0v) is 15.5. The molecule has 126 valence electrons. The Hall–Kier alpha value is -2.27. The Bertz CT molecular complexity index is 726. The minimum atomic E-state index is -0.164. The topological polar surface area (TPSA) is 47.6 Å². The lowest BCUT2D eigenvalue weighted by Gasteiger charge is -2.13. The number of carbonyl (C=O) groups excluding carboxylic acids is 1. The predicted molar refractivity (Wildman–Crippen MR) is 99.3 cm³/mol. The van der Waals surface area contributed by atoms with Gasteiger partial charge in [0.05, 0.1) is 20.3 Å². The number of rotatable bonds is 6. The molecule has 0 bridgehead atoms. The molecule has 0 aromatic heterocycles. The second-order valence-electron chi connectivity index (χ2n) is 5.22. The van der Waals surface area contributed by atoms with E-state index in [1.807, 2.05) is 43.3 Å². The molecular formula is C19H20BrNO3. The highest BCUT2D eigenvalue weighted by molar-refractivity contribution is 9.10. The molecule has 1 atom stereocenters. The van der Waals surface area contributed by atoms with Crippen LogP contribution in [0.5, 0.6) is 11.5 Å². The third-order valence-electron chi connectivity index (χ3n) is 3.58. The fourth-order valence-corrected chi connectivity index (χ4v) is 2.48. The van der Waals surface area contributed by atoms with Gasteiger partial charge in [-0.05, 0) is 42.8 Å². The zero-order valence-electron chi connectivity index (χ0n) is 13.9. The Morgan fingerprint density at radius 2 is 1.83 bits per heavy atom. The van der Waals surface area contributed by atoms with Crippen LogP contribution in [0.3, 0.4) is 0 Å². The summed E-state index contributed by atoms with van der Waals surface area (Å²) >= 11 is 3.40. The SMILES string of the molecule is COc1ccc(/C=C/C(=O)N[C@@H](C)c2ccc(Br)cc2)c(OC)c1. The molecule has 0 heterocycles. The molecule has 4 nitrogen and oxygen atoms in total. The standard InChI is InChI=1S/C19H20BrNO3/c1-13(14-4-8-16(20)9-5-14)21-19(22)11-7-15-6-10-17(23-2)12-18(15)24-3/h4-13H,1-3H3,(H,21,22)/b11-7+/t13-/m0/s1. The van der Waals surface area contributed by atoms with Crippen LogP contribution < -0.4 is 14.8 Å². The summed E-state index contributed by atoms with van der Waals surface area (Å²) in [5.74, 6) is 1.19. The van der Waals surface area contributed by atoms with Crippen LogP contribution in [-0.2, 0) is 4.79 Å². The highest BCUT2D eigenvalue weighted by Gasteiger charge is 2.08. The average molecular weight is 390 g/mol. The van der Waals surface area contributed by atoms with E-state index in [1.165, 1.54) is 6.08 Å². The highest BCUT2D eigenvalue weighted by Crippen LogP contribution is 2.25. The third-order valence-corrected chi connectivity index (χ3v) is 4.11. The van der Waals surface area contributed by atoms with Gasteiger partial charge in [0.1, 0.15) is 11.5 Å². The molecule has 2 aromatic carbocycles. The van der Waals surface area contributed by atoms with Crippen molar-refractivity contribution in [2.75, 3.05) is 14.2 Å². The maximum absolute atomic E-state index is 12.1. The van der Waals surface area contributed by atoms with Crippen LogP contribution >= 0.6 is 15.9 Å². The Balaban J connectivity index is 2.03. The van der Waals surface area contributed by atoms with Crippen molar-refractivity contribution in [3.05, 3.63) is 64.1 Å². The van der Waals surface area contributed by atoms with Crippen molar-refractivity contribution in [1.29, 1.82) is 0 Å². The molecule has 0 saturated heterocycles. The Kier molecular flexibility index (Phi) is 6.44. The minimum absolute atomic E-state index is 0.0759. The van der Waals surface area contributed by atoms with Crippen molar-refractivity contribution in [2.45, 2.75) is 13.0 Å². The normalized spacial score (nSPS) is 12.0. The first-order chi connectivity index (χ1) is 11.5. The minimum Gasteiger partial charge on any atom is -0.497 e. The number of nitrogens with one attached hydrogen (secondary N) is 1. The van der Waals surface area contributed by atoms with Gasteiger partial charge < -0.3 is 14.8 Å². The van der Waals surface area contributed by atoms with Gasteiger partial charge in [0, 0.05) is 22.2 Å². The van der Waals surface area contributed by atoms with Crippen LogP contribution in [-0.4, -0.2) is 20.1 Å². The van der Waals surface area contributed by atoms with E-state index in [9.17, 15) is 4.79 Å². The van der Waals surface area contributed by atoms with Gasteiger partial charge in [0.15, 0.2) is 0 Å². The second-order valence-corrected chi connectivity index (χ2v) is 6.14. The predicted octanol–water partition coefficient (Wildman–Crippen LogP) is 4.36. The van der Waals surface area contributed by atoms with Crippen molar-refractivity contribution in [2.24, 2.45) is 0 Å². The number of halogens is 1. The number of hydrogen-bond acceptors (Lipinski definition) is 3. The maximum Gasteiger partial charge on any atom is 0.244 e. The lowest BCUT2D eigenvalue weighted by molar-refractivity contribution is -0.117. The van der Waals surface area contributed by atoms with Crippen LogP contribution in [0.2, 0.25) is 0 Å². The van der Waals surface area contributed by atoms with Crippen molar-refractivity contribution in [3.63, 3.8) is 0 Å². The largest absolute Gasteiger partial charge is 0.497 e. The van der Waals surface area contributed by atoms with Gasteiger partial charge in [0.25, 0.3) is 0 Å². The van der Waals surface area contributed by atoms with Crippen LogP contribution in [0, 0.1) is 0 Å². The molecule has 1 N–H and O–H groups in total. The first-order valence-electron chi connectivity index (χ1n) is 7.49. The molecule has 5 heteroatoms. The van der Waals surface area contributed by atoms with E-state index in [0.717, 1.165) is 15.6 Å². The van der Waals surface area contributed by atoms with Gasteiger partial charge in [0.2, 0.25) is 5.91 Å². The van der Waals surface area contributed by atoms with Gasteiger partial charge in [-0.2, -0.15) is 0 Å². The molecule has 0 aliphatic carbocycles. The average Bonchev–Trinajstić information content (AvgIpc) is 2.60. The highest BCUT2D eigenvalue weighted by atomic mass is 79.9. The molecule has 0 fully saturated rings. The molecule has 0 saturated carbocycles. The molecule has 1 amide bonds. The van der Waals surface area contributed by atoms with Crippen LogP contribution in [0.15, 0.2) is 53.0 Å². The molecule has 0 radical (unpaired) electrons. The number of benzene rings is 2. The quantitative estimate of drug-likeness (QED) is 0.746. The fraction of sp³-hybridized carbons (Fsp3) is 0.211. The molecule has 2 aromatic rings. The number of hydrogen-bond donors (Lipinski definition) is 1. The Labute approximate surface area is 150 Å². The van der Waals surface area contributed by atoms with Gasteiger partial charge in [-0.1, -0.05) is 28.1 Å². The summed E-state index contributed by atoms with van der Waals surface area (Å²) in [7, 11) is 3.18. The summed E-state index contributed by atoms with van der Waals surface area (Å²) in [5.41, 5.74) is 1.85. The van der Waals surface area contributed by atoms with E-state index >= 15 is 0 Å².